The van der Waals surface area contributed by atoms with Crippen LogP contribution in [0, 0.1) is 0 Å². The van der Waals surface area contributed by atoms with Gasteiger partial charge in [-0.05, 0) is 35.4 Å². The van der Waals surface area contributed by atoms with Crippen LogP contribution in [-0.2, 0) is 4.79 Å². The van der Waals surface area contributed by atoms with Crippen molar-refractivity contribution in [3.05, 3.63) is 84.4 Å². The second-order valence-electron chi connectivity index (χ2n) is 5.34. The van der Waals surface area contributed by atoms with Crippen molar-refractivity contribution in [2.75, 3.05) is 6.61 Å². The van der Waals surface area contributed by atoms with Gasteiger partial charge in [0, 0.05) is 5.56 Å². The molecular formula is C21H16O4. The minimum atomic E-state index is -0.532. The Labute approximate surface area is 145 Å². The fraction of sp³-hybridized carbons (Fsp3) is 0.0476. The molecule has 0 aliphatic carbocycles. The van der Waals surface area contributed by atoms with Gasteiger partial charge in [-0.15, -0.1) is 0 Å². The smallest absolute Gasteiger partial charge is 0.349 e. The van der Waals surface area contributed by atoms with Gasteiger partial charge in [0.1, 0.15) is 17.8 Å². The second-order valence-corrected chi connectivity index (χ2v) is 5.34. The van der Waals surface area contributed by atoms with E-state index in [4.69, 9.17) is 9.47 Å². The largest absolute Gasteiger partial charge is 0.482 e. The molecule has 3 rings (SSSR count). The van der Waals surface area contributed by atoms with Gasteiger partial charge in [-0.2, -0.15) is 0 Å². The molecule has 0 amide bonds. The molecule has 0 saturated carbocycles. The van der Waals surface area contributed by atoms with Crippen molar-refractivity contribution in [1.82, 2.24) is 0 Å². The highest BCUT2D eigenvalue weighted by Gasteiger charge is 2.07. The average molecular weight is 332 g/mol. The molecule has 25 heavy (non-hydrogen) atoms. The van der Waals surface area contributed by atoms with Crippen LogP contribution in [0.2, 0.25) is 0 Å². The molecule has 0 spiro atoms. The lowest BCUT2D eigenvalue weighted by molar-refractivity contribution is -0.136. The van der Waals surface area contributed by atoms with E-state index in [0.717, 1.165) is 11.1 Å². The Bertz CT molecular complexity index is 855. The highest BCUT2D eigenvalue weighted by molar-refractivity contribution is 5.77. The van der Waals surface area contributed by atoms with E-state index in [1.54, 1.807) is 18.2 Å². The Morgan fingerprint density at radius 2 is 1.52 bits per heavy atom. The monoisotopic (exact) mass is 332 g/mol. The van der Waals surface area contributed by atoms with Crippen molar-refractivity contribution in [2.24, 2.45) is 0 Å². The fourth-order valence-corrected chi connectivity index (χ4v) is 2.33. The van der Waals surface area contributed by atoms with E-state index < -0.39 is 5.97 Å². The summed E-state index contributed by atoms with van der Waals surface area (Å²) in [5.74, 6) is 0.367. The maximum Gasteiger partial charge on any atom is 0.349 e. The van der Waals surface area contributed by atoms with Gasteiger partial charge in [0.25, 0.3) is 0 Å². The summed E-state index contributed by atoms with van der Waals surface area (Å²) in [6.07, 6.45) is 0.697. The Hall–Kier alpha value is -3.40. The van der Waals surface area contributed by atoms with Gasteiger partial charge in [-0.25, -0.2) is 4.79 Å². The first-order valence-corrected chi connectivity index (χ1v) is 7.79. The highest BCUT2D eigenvalue weighted by atomic mass is 16.6. The quantitative estimate of drug-likeness (QED) is 0.386. The molecular weight excluding hydrogens is 316 g/mol. The van der Waals surface area contributed by atoms with E-state index >= 15 is 0 Å². The summed E-state index contributed by atoms with van der Waals surface area (Å²) in [6.45, 7) is -0.212. The SMILES string of the molecule is O=Cc1cccc(OC(=O)COc2ccc(-c3ccccc3)cc2)c1. The molecule has 124 valence electrons. The molecule has 3 aromatic carbocycles. The molecule has 0 aliphatic heterocycles. The summed E-state index contributed by atoms with van der Waals surface area (Å²) in [5, 5.41) is 0. The van der Waals surface area contributed by atoms with Crippen LogP contribution >= 0.6 is 0 Å². The third kappa shape index (κ3) is 4.54. The van der Waals surface area contributed by atoms with Gasteiger partial charge in [0.05, 0.1) is 0 Å². The summed E-state index contributed by atoms with van der Waals surface area (Å²) < 4.78 is 10.6. The fourth-order valence-electron chi connectivity index (χ4n) is 2.33. The minimum Gasteiger partial charge on any atom is -0.482 e. The predicted octanol–water partition coefficient (Wildman–Crippen LogP) is 4.15. The summed E-state index contributed by atoms with van der Waals surface area (Å²) in [4.78, 5) is 22.6. The Morgan fingerprint density at radius 1 is 0.800 bits per heavy atom. The first-order valence-electron chi connectivity index (χ1n) is 7.79. The average Bonchev–Trinajstić information content (AvgIpc) is 2.67. The van der Waals surface area contributed by atoms with Crippen LogP contribution < -0.4 is 9.47 Å². The van der Waals surface area contributed by atoms with E-state index in [9.17, 15) is 9.59 Å². The van der Waals surface area contributed by atoms with Crippen LogP contribution in [0.1, 0.15) is 10.4 Å². The van der Waals surface area contributed by atoms with Crippen LogP contribution in [0.5, 0.6) is 11.5 Å². The van der Waals surface area contributed by atoms with Crippen LogP contribution in [-0.4, -0.2) is 18.9 Å². The zero-order valence-corrected chi connectivity index (χ0v) is 13.4. The van der Waals surface area contributed by atoms with E-state index in [-0.39, 0.29) is 6.61 Å². The zero-order valence-electron chi connectivity index (χ0n) is 13.4. The standard InChI is InChI=1S/C21H16O4/c22-14-16-5-4-8-20(13-16)25-21(23)15-24-19-11-9-18(10-12-19)17-6-2-1-3-7-17/h1-14H,15H2. The topological polar surface area (TPSA) is 52.6 Å². The number of hydrogen-bond donors (Lipinski definition) is 0. The molecule has 0 radical (unpaired) electrons. The molecule has 0 heterocycles. The van der Waals surface area contributed by atoms with Gasteiger partial charge in [-0.1, -0.05) is 54.6 Å². The maximum atomic E-state index is 11.8. The molecule has 0 aliphatic rings. The van der Waals surface area contributed by atoms with Gasteiger partial charge in [0.2, 0.25) is 0 Å². The molecule has 0 saturated heterocycles. The van der Waals surface area contributed by atoms with Crippen molar-refractivity contribution in [2.45, 2.75) is 0 Å². The number of carbonyl (C=O) groups excluding carboxylic acids is 2. The molecule has 0 fully saturated rings. The first-order chi connectivity index (χ1) is 12.2. The summed E-state index contributed by atoms with van der Waals surface area (Å²) in [6, 6.07) is 23.9. The maximum absolute atomic E-state index is 11.8. The number of benzene rings is 3. The number of aldehydes is 1. The molecule has 3 aromatic rings. The third-order valence-corrected chi connectivity index (χ3v) is 3.54. The number of ether oxygens (including phenoxy) is 2. The second kappa shape index (κ2) is 7.93. The number of hydrogen-bond acceptors (Lipinski definition) is 4. The molecule has 0 atom stereocenters. The number of rotatable bonds is 6. The van der Waals surface area contributed by atoms with Gasteiger partial charge in [0.15, 0.2) is 6.61 Å². The Morgan fingerprint density at radius 3 is 2.24 bits per heavy atom. The summed E-state index contributed by atoms with van der Waals surface area (Å²) in [5.41, 5.74) is 2.63. The predicted molar refractivity (Wildman–Crippen MR) is 94.8 cm³/mol. The molecule has 4 heteroatoms. The van der Waals surface area contributed by atoms with Crippen molar-refractivity contribution in [1.29, 1.82) is 0 Å². The van der Waals surface area contributed by atoms with E-state index in [1.807, 2.05) is 54.6 Å². The highest BCUT2D eigenvalue weighted by Crippen LogP contribution is 2.22. The lowest BCUT2D eigenvalue weighted by Crippen LogP contribution is -2.17. The first kappa shape index (κ1) is 16.5. The summed E-state index contributed by atoms with van der Waals surface area (Å²) in [7, 11) is 0. The normalized spacial score (nSPS) is 10.1. The zero-order chi connectivity index (χ0) is 17.5. The Balaban J connectivity index is 1.56. The number of esters is 1. The van der Waals surface area contributed by atoms with Gasteiger partial charge >= 0.3 is 5.97 Å². The van der Waals surface area contributed by atoms with Crippen molar-refractivity contribution >= 4 is 12.3 Å². The minimum absolute atomic E-state index is 0.212. The van der Waals surface area contributed by atoms with Crippen molar-refractivity contribution in [3.8, 4) is 22.6 Å². The van der Waals surface area contributed by atoms with Gasteiger partial charge in [-0.3, -0.25) is 4.79 Å². The van der Waals surface area contributed by atoms with Crippen LogP contribution in [0.4, 0.5) is 0 Å². The van der Waals surface area contributed by atoms with Gasteiger partial charge < -0.3 is 9.47 Å². The lowest BCUT2D eigenvalue weighted by Gasteiger charge is -2.08. The molecule has 0 unspecified atom stereocenters. The number of carbonyl (C=O) groups is 2. The molecule has 0 N–H and O–H groups in total. The molecule has 0 bridgehead atoms. The van der Waals surface area contributed by atoms with E-state index in [2.05, 4.69) is 0 Å². The van der Waals surface area contributed by atoms with Crippen LogP contribution in [0.25, 0.3) is 11.1 Å². The third-order valence-electron chi connectivity index (χ3n) is 3.54. The van der Waals surface area contributed by atoms with E-state index in [1.165, 1.54) is 6.07 Å². The van der Waals surface area contributed by atoms with Crippen molar-refractivity contribution < 1.29 is 19.1 Å². The molecule has 4 nitrogen and oxygen atoms in total. The van der Waals surface area contributed by atoms with Crippen molar-refractivity contribution in [3.63, 3.8) is 0 Å². The molecule has 0 aromatic heterocycles. The lowest BCUT2D eigenvalue weighted by atomic mass is 10.1. The van der Waals surface area contributed by atoms with E-state index in [0.29, 0.717) is 23.3 Å². The Kier molecular flexibility index (Phi) is 5.22. The summed E-state index contributed by atoms with van der Waals surface area (Å²) >= 11 is 0. The van der Waals surface area contributed by atoms with Crippen LogP contribution in [0.3, 0.4) is 0 Å². The van der Waals surface area contributed by atoms with Crippen LogP contribution in [0.15, 0.2) is 78.9 Å².